The molecule has 0 radical (unpaired) electrons. The summed E-state index contributed by atoms with van der Waals surface area (Å²) in [6.45, 7) is 5.79. The molecule has 0 aliphatic carbocycles. The highest BCUT2D eigenvalue weighted by molar-refractivity contribution is 7.98. The third-order valence-electron chi connectivity index (χ3n) is 1.81. The van der Waals surface area contributed by atoms with Gasteiger partial charge in [-0.1, -0.05) is 29.8 Å². The van der Waals surface area contributed by atoms with Crippen LogP contribution in [-0.2, 0) is 5.75 Å². The molecule has 0 spiro atoms. The third kappa shape index (κ3) is 4.68. The van der Waals surface area contributed by atoms with Gasteiger partial charge in [0.1, 0.15) is 0 Å². The summed E-state index contributed by atoms with van der Waals surface area (Å²) in [6, 6.07) is 8.50. The molecule has 0 amide bonds. The zero-order valence-electron chi connectivity index (χ0n) is 9.08. The molecule has 0 aromatic heterocycles. The van der Waals surface area contributed by atoms with Crippen LogP contribution >= 0.6 is 11.8 Å². The first-order chi connectivity index (χ1) is 6.47. The quantitative estimate of drug-likeness (QED) is 0.824. The summed E-state index contributed by atoms with van der Waals surface area (Å²) in [4.78, 5) is 0. The summed E-state index contributed by atoms with van der Waals surface area (Å²) >= 11 is 1.77. The molecule has 0 heterocycles. The summed E-state index contributed by atoms with van der Waals surface area (Å²) in [7, 11) is 0. The van der Waals surface area contributed by atoms with E-state index in [1.165, 1.54) is 11.1 Å². The van der Waals surface area contributed by atoms with Crippen LogP contribution in [0.25, 0.3) is 0 Å². The van der Waals surface area contributed by atoms with Crippen molar-refractivity contribution in [2.24, 2.45) is 0 Å². The Hall–Kier alpha value is -0.470. The van der Waals surface area contributed by atoms with E-state index in [-0.39, 0.29) is 0 Å². The fourth-order valence-corrected chi connectivity index (χ4v) is 2.24. The molecule has 0 saturated heterocycles. The van der Waals surface area contributed by atoms with Crippen LogP contribution in [-0.4, -0.2) is 16.5 Å². The summed E-state index contributed by atoms with van der Waals surface area (Å²) in [5.41, 5.74) is 2.07. The van der Waals surface area contributed by atoms with Gasteiger partial charge in [0.25, 0.3) is 0 Å². The predicted molar refractivity (Wildman–Crippen MR) is 63.6 cm³/mol. The standard InChI is InChI=1S/C12H18OS/c1-10-5-4-6-11(7-10)8-14-9-12(2,3)13/h4-7,13H,8-9H2,1-3H3. The molecule has 14 heavy (non-hydrogen) atoms. The molecular formula is C12H18OS. The zero-order chi connectivity index (χ0) is 10.6. The Morgan fingerprint density at radius 2 is 2.07 bits per heavy atom. The average Bonchev–Trinajstić information content (AvgIpc) is 2.01. The molecule has 1 nitrogen and oxygen atoms in total. The number of hydrogen-bond acceptors (Lipinski definition) is 2. The fourth-order valence-electron chi connectivity index (χ4n) is 1.22. The summed E-state index contributed by atoms with van der Waals surface area (Å²) in [5.74, 6) is 1.76. The van der Waals surface area contributed by atoms with Crippen molar-refractivity contribution in [2.75, 3.05) is 5.75 Å². The normalized spacial score (nSPS) is 11.7. The summed E-state index contributed by atoms with van der Waals surface area (Å²) in [5, 5.41) is 9.53. The van der Waals surface area contributed by atoms with E-state index in [1.54, 1.807) is 11.8 Å². The van der Waals surface area contributed by atoms with Crippen LogP contribution in [0.1, 0.15) is 25.0 Å². The van der Waals surface area contributed by atoms with Crippen LogP contribution in [0.3, 0.4) is 0 Å². The Balaban J connectivity index is 2.39. The molecule has 2 heteroatoms. The van der Waals surface area contributed by atoms with E-state index >= 15 is 0 Å². The smallest absolute Gasteiger partial charge is 0.0681 e. The van der Waals surface area contributed by atoms with Crippen LogP contribution in [0.2, 0.25) is 0 Å². The second-order valence-corrected chi connectivity index (χ2v) is 5.28. The molecule has 1 N–H and O–H groups in total. The number of benzene rings is 1. The second kappa shape index (κ2) is 4.85. The van der Waals surface area contributed by atoms with Crippen LogP contribution in [0.4, 0.5) is 0 Å². The van der Waals surface area contributed by atoms with Gasteiger partial charge in [-0.2, -0.15) is 11.8 Å². The molecule has 0 fully saturated rings. The molecule has 0 aliphatic heterocycles. The number of thioether (sulfide) groups is 1. The number of aryl methyl sites for hydroxylation is 1. The minimum absolute atomic E-state index is 0.561. The highest BCUT2D eigenvalue weighted by Gasteiger charge is 2.11. The topological polar surface area (TPSA) is 20.2 Å². The van der Waals surface area contributed by atoms with Crippen molar-refractivity contribution in [1.29, 1.82) is 0 Å². The van der Waals surface area contributed by atoms with Gasteiger partial charge in [0.2, 0.25) is 0 Å². The number of rotatable bonds is 4. The Kier molecular flexibility index (Phi) is 4.02. The van der Waals surface area contributed by atoms with Crippen LogP contribution in [0.15, 0.2) is 24.3 Å². The van der Waals surface area contributed by atoms with Crippen molar-refractivity contribution >= 4 is 11.8 Å². The third-order valence-corrected chi connectivity index (χ3v) is 3.25. The zero-order valence-corrected chi connectivity index (χ0v) is 9.90. The Morgan fingerprint density at radius 1 is 1.36 bits per heavy atom. The van der Waals surface area contributed by atoms with Crippen molar-refractivity contribution in [3.8, 4) is 0 Å². The van der Waals surface area contributed by atoms with Crippen molar-refractivity contribution < 1.29 is 5.11 Å². The Morgan fingerprint density at radius 3 is 2.64 bits per heavy atom. The van der Waals surface area contributed by atoms with Crippen molar-refractivity contribution in [1.82, 2.24) is 0 Å². The van der Waals surface area contributed by atoms with Gasteiger partial charge in [0.05, 0.1) is 5.60 Å². The van der Waals surface area contributed by atoms with Crippen LogP contribution < -0.4 is 0 Å². The maximum Gasteiger partial charge on any atom is 0.0681 e. The van der Waals surface area contributed by atoms with Crippen LogP contribution in [0, 0.1) is 6.92 Å². The lowest BCUT2D eigenvalue weighted by Gasteiger charge is -2.16. The first-order valence-electron chi connectivity index (χ1n) is 4.83. The lowest BCUT2D eigenvalue weighted by Crippen LogP contribution is -2.21. The second-order valence-electron chi connectivity index (χ2n) is 4.29. The summed E-state index contributed by atoms with van der Waals surface area (Å²) in [6.07, 6.45) is 0. The average molecular weight is 210 g/mol. The van der Waals surface area contributed by atoms with Gasteiger partial charge in [0, 0.05) is 11.5 Å². The van der Waals surface area contributed by atoms with E-state index in [4.69, 9.17) is 0 Å². The Bertz CT molecular complexity index is 289. The maximum absolute atomic E-state index is 9.53. The SMILES string of the molecule is Cc1cccc(CSCC(C)(C)O)c1. The molecule has 0 saturated carbocycles. The van der Waals surface area contributed by atoms with E-state index in [0.717, 1.165) is 11.5 Å². The first kappa shape index (κ1) is 11.6. The van der Waals surface area contributed by atoms with E-state index in [2.05, 4.69) is 31.2 Å². The molecule has 0 atom stereocenters. The molecule has 1 aromatic rings. The molecule has 0 unspecified atom stereocenters. The van der Waals surface area contributed by atoms with Gasteiger partial charge < -0.3 is 5.11 Å². The van der Waals surface area contributed by atoms with Gasteiger partial charge in [-0.05, 0) is 26.3 Å². The van der Waals surface area contributed by atoms with Gasteiger partial charge >= 0.3 is 0 Å². The maximum atomic E-state index is 9.53. The van der Waals surface area contributed by atoms with Crippen molar-refractivity contribution in [3.63, 3.8) is 0 Å². The van der Waals surface area contributed by atoms with E-state index in [1.807, 2.05) is 13.8 Å². The molecule has 1 rings (SSSR count). The van der Waals surface area contributed by atoms with E-state index in [9.17, 15) is 5.11 Å². The number of hydrogen-bond donors (Lipinski definition) is 1. The van der Waals surface area contributed by atoms with Gasteiger partial charge in [-0.15, -0.1) is 0 Å². The fraction of sp³-hybridized carbons (Fsp3) is 0.500. The largest absolute Gasteiger partial charge is 0.390 e. The van der Waals surface area contributed by atoms with Crippen molar-refractivity contribution in [3.05, 3.63) is 35.4 Å². The number of aliphatic hydroxyl groups is 1. The molecule has 0 bridgehead atoms. The Labute approximate surface area is 90.5 Å². The van der Waals surface area contributed by atoms with E-state index in [0.29, 0.717) is 0 Å². The molecule has 78 valence electrons. The minimum Gasteiger partial charge on any atom is -0.390 e. The van der Waals surface area contributed by atoms with Crippen molar-refractivity contribution in [2.45, 2.75) is 32.1 Å². The molecule has 0 aliphatic rings. The summed E-state index contributed by atoms with van der Waals surface area (Å²) < 4.78 is 0. The predicted octanol–water partition coefficient (Wildman–Crippen LogP) is 3.00. The molecular weight excluding hydrogens is 192 g/mol. The van der Waals surface area contributed by atoms with Gasteiger partial charge in [0.15, 0.2) is 0 Å². The highest BCUT2D eigenvalue weighted by atomic mass is 32.2. The monoisotopic (exact) mass is 210 g/mol. The van der Waals surface area contributed by atoms with Gasteiger partial charge in [-0.3, -0.25) is 0 Å². The highest BCUT2D eigenvalue weighted by Crippen LogP contribution is 2.18. The lowest BCUT2D eigenvalue weighted by atomic mass is 10.2. The lowest BCUT2D eigenvalue weighted by molar-refractivity contribution is 0.107. The van der Waals surface area contributed by atoms with E-state index < -0.39 is 5.60 Å². The van der Waals surface area contributed by atoms with Crippen LogP contribution in [0.5, 0.6) is 0 Å². The molecule has 1 aromatic carbocycles. The van der Waals surface area contributed by atoms with Gasteiger partial charge in [-0.25, -0.2) is 0 Å². The minimum atomic E-state index is -0.561. The first-order valence-corrected chi connectivity index (χ1v) is 5.98.